The number of benzene rings is 1. The van der Waals surface area contributed by atoms with Crippen LogP contribution in [0, 0.1) is 0 Å². The zero-order valence-corrected chi connectivity index (χ0v) is 12.9. The molecule has 1 aliphatic heterocycles. The number of amides is 1. The molecule has 0 saturated carbocycles. The monoisotopic (exact) mass is 343 g/mol. The van der Waals surface area contributed by atoms with Crippen LogP contribution in [-0.2, 0) is 9.53 Å². The first-order valence-corrected chi connectivity index (χ1v) is 7.32. The summed E-state index contributed by atoms with van der Waals surface area (Å²) in [6.45, 7) is 2.96. The molecule has 1 heterocycles. The zero-order chi connectivity index (χ0) is 14.5. The highest BCUT2D eigenvalue weighted by molar-refractivity contribution is 9.10. The summed E-state index contributed by atoms with van der Waals surface area (Å²) in [5.41, 5.74) is 0. The van der Waals surface area contributed by atoms with Gasteiger partial charge in [0, 0.05) is 11.0 Å². The first kappa shape index (κ1) is 15.3. The van der Waals surface area contributed by atoms with E-state index in [4.69, 9.17) is 9.47 Å². The van der Waals surface area contributed by atoms with Gasteiger partial charge >= 0.3 is 0 Å². The van der Waals surface area contributed by atoms with Crippen molar-refractivity contribution in [3.05, 3.63) is 28.7 Å². The van der Waals surface area contributed by atoms with Gasteiger partial charge in [0.2, 0.25) is 0 Å². The Labute approximate surface area is 126 Å². The lowest BCUT2D eigenvalue weighted by Crippen LogP contribution is -2.54. The average molecular weight is 344 g/mol. The van der Waals surface area contributed by atoms with Gasteiger partial charge in [-0.1, -0.05) is 15.9 Å². The highest BCUT2D eigenvalue weighted by atomic mass is 79.9. The normalized spacial score (nSPS) is 20.6. The van der Waals surface area contributed by atoms with E-state index < -0.39 is 6.10 Å². The number of nitrogens with zero attached hydrogens (tertiary/aromatic N) is 1. The van der Waals surface area contributed by atoms with Crippen LogP contribution in [0.4, 0.5) is 0 Å². The molecule has 1 N–H and O–H groups in total. The Hall–Kier alpha value is -1.11. The van der Waals surface area contributed by atoms with E-state index in [2.05, 4.69) is 15.9 Å². The van der Waals surface area contributed by atoms with Gasteiger partial charge in [-0.3, -0.25) is 4.79 Å². The molecule has 0 spiro atoms. The minimum Gasteiger partial charge on any atom is -0.481 e. The van der Waals surface area contributed by atoms with Crippen molar-refractivity contribution in [1.29, 1.82) is 0 Å². The molecule has 0 bridgehead atoms. The highest BCUT2D eigenvalue weighted by Crippen LogP contribution is 2.18. The van der Waals surface area contributed by atoms with Crippen LogP contribution in [0.2, 0.25) is 0 Å². The van der Waals surface area contributed by atoms with Crippen molar-refractivity contribution in [2.45, 2.75) is 19.1 Å². The van der Waals surface area contributed by atoms with Crippen LogP contribution in [0.25, 0.3) is 0 Å². The summed E-state index contributed by atoms with van der Waals surface area (Å²) in [7, 11) is 0. The molecule has 6 heteroatoms. The predicted octanol–water partition coefficient (Wildman–Crippen LogP) is 1.44. The second-order valence-corrected chi connectivity index (χ2v) is 5.57. The van der Waals surface area contributed by atoms with Gasteiger partial charge in [0.15, 0.2) is 6.10 Å². The second kappa shape index (κ2) is 7.06. The third-order valence-corrected chi connectivity index (χ3v) is 3.72. The minimum atomic E-state index is -0.594. The first-order valence-electron chi connectivity index (χ1n) is 6.53. The second-order valence-electron chi connectivity index (χ2n) is 4.66. The van der Waals surface area contributed by atoms with Gasteiger partial charge in [-0.25, -0.2) is 0 Å². The molecule has 20 heavy (non-hydrogen) atoms. The topological polar surface area (TPSA) is 59.0 Å². The SMILES string of the molecule is CC(Oc1ccc(Br)cc1)C(=O)N1CCOCC1CO. The Morgan fingerprint density at radius 3 is 2.90 bits per heavy atom. The molecule has 5 nitrogen and oxygen atoms in total. The Balaban J connectivity index is 1.98. The van der Waals surface area contributed by atoms with Gasteiger partial charge in [-0.2, -0.15) is 0 Å². The number of hydrogen-bond acceptors (Lipinski definition) is 4. The first-order chi connectivity index (χ1) is 9.61. The van der Waals surface area contributed by atoms with Crippen molar-refractivity contribution in [3.63, 3.8) is 0 Å². The summed E-state index contributed by atoms with van der Waals surface area (Å²) in [5.74, 6) is 0.512. The molecule has 1 aromatic rings. The Kier molecular flexibility index (Phi) is 5.39. The van der Waals surface area contributed by atoms with Gasteiger partial charge in [-0.15, -0.1) is 0 Å². The van der Waals surface area contributed by atoms with Crippen LogP contribution < -0.4 is 4.74 Å². The van der Waals surface area contributed by atoms with E-state index >= 15 is 0 Å². The van der Waals surface area contributed by atoms with E-state index in [0.29, 0.717) is 25.5 Å². The summed E-state index contributed by atoms with van der Waals surface area (Å²) in [6, 6.07) is 7.04. The van der Waals surface area contributed by atoms with Gasteiger partial charge < -0.3 is 19.5 Å². The number of halogens is 1. The maximum absolute atomic E-state index is 12.4. The maximum atomic E-state index is 12.4. The Morgan fingerprint density at radius 2 is 2.25 bits per heavy atom. The van der Waals surface area contributed by atoms with Crippen LogP contribution >= 0.6 is 15.9 Å². The minimum absolute atomic E-state index is 0.100. The fourth-order valence-corrected chi connectivity index (χ4v) is 2.36. The van der Waals surface area contributed by atoms with E-state index in [9.17, 15) is 9.90 Å². The number of carbonyl (C=O) groups excluding carboxylic acids is 1. The van der Waals surface area contributed by atoms with E-state index in [1.807, 2.05) is 12.1 Å². The maximum Gasteiger partial charge on any atom is 0.263 e. The molecule has 1 amide bonds. The Morgan fingerprint density at radius 1 is 1.55 bits per heavy atom. The standard InChI is InChI=1S/C14H18BrNO4/c1-10(20-13-4-2-11(15)3-5-13)14(18)16-6-7-19-9-12(16)8-17/h2-5,10,12,17H,6-9H2,1H3. The number of aliphatic hydroxyl groups excluding tert-OH is 1. The third-order valence-electron chi connectivity index (χ3n) is 3.20. The average Bonchev–Trinajstić information content (AvgIpc) is 2.48. The van der Waals surface area contributed by atoms with Crippen LogP contribution in [0.3, 0.4) is 0 Å². The third kappa shape index (κ3) is 3.71. The van der Waals surface area contributed by atoms with Crippen molar-refractivity contribution < 1.29 is 19.4 Å². The summed E-state index contributed by atoms with van der Waals surface area (Å²) in [4.78, 5) is 14.0. The number of morpholine rings is 1. The molecule has 2 rings (SSSR count). The smallest absolute Gasteiger partial charge is 0.263 e. The lowest BCUT2D eigenvalue weighted by Gasteiger charge is -2.35. The summed E-state index contributed by atoms with van der Waals surface area (Å²) in [6.07, 6.45) is -0.594. The van der Waals surface area contributed by atoms with Gasteiger partial charge in [0.1, 0.15) is 5.75 Å². The lowest BCUT2D eigenvalue weighted by atomic mass is 10.2. The van der Waals surface area contributed by atoms with Crippen LogP contribution in [0.1, 0.15) is 6.92 Å². The number of carbonyl (C=O) groups is 1. The fourth-order valence-electron chi connectivity index (χ4n) is 2.10. The molecule has 1 aliphatic rings. The molecule has 0 aromatic heterocycles. The molecule has 0 radical (unpaired) electrons. The van der Waals surface area contributed by atoms with Gasteiger partial charge in [-0.05, 0) is 31.2 Å². The van der Waals surface area contributed by atoms with Crippen molar-refractivity contribution in [2.24, 2.45) is 0 Å². The van der Waals surface area contributed by atoms with Gasteiger partial charge in [0.25, 0.3) is 5.91 Å². The summed E-state index contributed by atoms with van der Waals surface area (Å²) >= 11 is 3.35. The van der Waals surface area contributed by atoms with E-state index in [1.165, 1.54) is 0 Å². The van der Waals surface area contributed by atoms with Crippen molar-refractivity contribution in [2.75, 3.05) is 26.4 Å². The number of ether oxygens (including phenoxy) is 2. The molecular weight excluding hydrogens is 326 g/mol. The van der Waals surface area contributed by atoms with Crippen molar-refractivity contribution in [3.8, 4) is 5.75 Å². The molecule has 110 valence electrons. The van der Waals surface area contributed by atoms with Crippen molar-refractivity contribution in [1.82, 2.24) is 4.90 Å². The fraction of sp³-hybridized carbons (Fsp3) is 0.500. The zero-order valence-electron chi connectivity index (χ0n) is 11.3. The van der Waals surface area contributed by atoms with E-state index in [1.54, 1.807) is 24.0 Å². The molecular formula is C14H18BrNO4. The van der Waals surface area contributed by atoms with Crippen LogP contribution in [0.15, 0.2) is 28.7 Å². The predicted molar refractivity (Wildman–Crippen MR) is 77.6 cm³/mol. The number of aliphatic hydroxyl groups is 1. The van der Waals surface area contributed by atoms with Crippen LogP contribution in [-0.4, -0.2) is 54.4 Å². The highest BCUT2D eigenvalue weighted by Gasteiger charge is 2.30. The van der Waals surface area contributed by atoms with Crippen LogP contribution in [0.5, 0.6) is 5.75 Å². The lowest BCUT2D eigenvalue weighted by molar-refractivity contribution is -0.148. The number of hydrogen-bond donors (Lipinski definition) is 1. The van der Waals surface area contributed by atoms with Gasteiger partial charge in [0.05, 0.1) is 25.9 Å². The van der Waals surface area contributed by atoms with Crippen molar-refractivity contribution >= 4 is 21.8 Å². The van der Waals surface area contributed by atoms with E-state index in [0.717, 1.165) is 4.47 Å². The molecule has 2 atom stereocenters. The summed E-state index contributed by atoms with van der Waals surface area (Å²) in [5, 5.41) is 9.29. The number of rotatable bonds is 4. The molecule has 1 fully saturated rings. The quantitative estimate of drug-likeness (QED) is 0.898. The summed E-state index contributed by atoms with van der Waals surface area (Å²) < 4.78 is 11.9. The molecule has 1 aromatic carbocycles. The molecule has 2 unspecified atom stereocenters. The largest absolute Gasteiger partial charge is 0.481 e. The molecule has 1 saturated heterocycles. The molecule has 0 aliphatic carbocycles. The van der Waals surface area contributed by atoms with E-state index in [-0.39, 0.29) is 18.6 Å². The Bertz CT molecular complexity index is 451.